The van der Waals surface area contributed by atoms with Crippen LogP contribution in [0, 0.1) is 0 Å². The second-order valence-electron chi connectivity index (χ2n) is 6.61. The monoisotopic (exact) mass is 386 g/mol. The number of hydrogen-bond acceptors (Lipinski definition) is 2. The van der Waals surface area contributed by atoms with Crippen LogP contribution < -0.4 is 0 Å². The zero-order chi connectivity index (χ0) is 19.3. The number of hydrazone groups is 1. The van der Waals surface area contributed by atoms with Crippen molar-refractivity contribution in [2.75, 3.05) is 0 Å². The molecule has 4 rings (SSSR count). The molecule has 4 heteroatoms. The Kier molecular flexibility index (Phi) is 5.36. The van der Waals surface area contributed by atoms with E-state index in [0.29, 0.717) is 11.4 Å². The number of nitrogens with zero attached hydrogens (tertiary/aromatic N) is 2. The summed E-state index contributed by atoms with van der Waals surface area (Å²) in [4.78, 5) is 13.0. The zero-order valence-corrected chi connectivity index (χ0v) is 16.0. The average Bonchev–Trinajstić information content (AvgIpc) is 3.19. The van der Waals surface area contributed by atoms with E-state index in [9.17, 15) is 4.79 Å². The molecule has 1 unspecified atom stereocenters. The average molecular weight is 387 g/mol. The summed E-state index contributed by atoms with van der Waals surface area (Å²) in [5, 5.41) is 6.92. The third-order valence-electron chi connectivity index (χ3n) is 4.72. The lowest BCUT2D eigenvalue weighted by Gasteiger charge is -2.20. The van der Waals surface area contributed by atoms with Gasteiger partial charge in [-0.3, -0.25) is 4.79 Å². The van der Waals surface area contributed by atoms with Crippen molar-refractivity contribution in [2.24, 2.45) is 5.10 Å². The predicted octanol–water partition coefficient (Wildman–Crippen LogP) is 5.73. The molecule has 1 aliphatic rings. The topological polar surface area (TPSA) is 32.7 Å². The van der Waals surface area contributed by atoms with Gasteiger partial charge in [0.1, 0.15) is 0 Å². The lowest BCUT2D eigenvalue weighted by atomic mass is 9.98. The number of halogens is 1. The molecule has 0 saturated heterocycles. The molecule has 0 aliphatic carbocycles. The highest BCUT2D eigenvalue weighted by Gasteiger charge is 2.32. The summed E-state index contributed by atoms with van der Waals surface area (Å²) in [5.74, 6) is -0.144. The molecule has 0 fully saturated rings. The molecule has 1 atom stereocenters. The van der Waals surface area contributed by atoms with Crippen LogP contribution in [0.4, 0.5) is 0 Å². The first-order valence-corrected chi connectivity index (χ1v) is 9.53. The summed E-state index contributed by atoms with van der Waals surface area (Å²) in [7, 11) is 0. The Morgan fingerprint density at radius 2 is 1.57 bits per heavy atom. The van der Waals surface area contributed by atoms with Crippen LogP contribution in [0.2, 0.25) is 5.02 Å². The van der Waals surface area contributed by atoms with Crippen LogP contribution in [-0.4, -0.2) is 16.6 Å². The van der Waals surface area contributed by atoms with Gasteiger partial charge in [-0.15, -0.1) is 0 Å². The Hall–Kier alpha value is -3.17. The van der Waals surface area contributed by atoms with E-state index in [1.807, 2.05) is 91.0 Å². The number of benzene rings is 3. The molecule has 0 spiro atoms. The van der Waals surface area contributed by atoms with E-state index < -0.39 is 0 Å². The number of carbonyl (C=O) groups is 1. The van der Waals surface area contributed by atoms with E-state index in [1.54, 1.807) is 11.1 Å². The first-order valence-electron chi connectivity index (χ1n) is 9.15. The van der Waals surface area contributed by atoms with Crippen molar-refractivity contribution < 1.29 is 4.79 Å². The highest BCUT2D eigenvalue weighted by Crippen LogP contribution is 2.33. The van der Waals surface area contributed by atoms with Crippen LogP contribution >= 0.6 is 11.6 Å². The molecule has 0 radical (unpaired) electrons. The quantitative estimate of drug-likeness (QED) is 0.527. The maximum absolute atomic E-state index is 13.0. The maximum Gasteiger partial charge on any atom is 0.267 e. The summed E-state index contributed by atoms with van der Waals surface area (Å²) in [6.45, 7) is 0. The highest BCUT2D eigenvalue weighted by molar-refractivity contribution is 6.30. The minimum absolute atomic E-state index is 0.144. The molecular weight excluding hydrogens is 368 g/mol. The van der Waals surface area contributed by atoms with Gasteiger partial charge in [0, 0.05) is 17.5 Å². The van der Waals surface area contributed by atoms with Gasteiger partial charge in [0.15, 0.2) is 0 Å². The van der Waals surface area contributed by atoms with E-state index >= 15 is 0 Å². The molecule has 1 heterocycles. The van der Waals surface area contributed by atoms with Crippen LogP contribution in [-0.2, 0) is 4.79 Å². The molecule has 28 heavy (non-hydrogen) atoms. The van der Waals surface area contributed by atoms with Crippen molar-refractivity contribution >= 4 is 29.3 Å². The third kappa shape index (κ3) is 4.05. The van der Waals surface area contributed by atoms with E-state index in [0.717, 1.165) is 22.4 Å². The smallest absolute Gasteiger partial charge is 0.267 e. The van der Waals surface area contributed by atoms with Crippen molar-refractivity contribution in [3.63, 3.8) is 0 Å². The molecule has 3 aromatic rings. The number of rotatable bonds is 4. The SMILES string of the molecule is O=C(C=Cc1ccccc1)N1N=C(c2ccccc2)CC1c1ccc(Cl)cc1. The van der Waals surface area contributed by atoms with Crippen molar-refractivity contribution in [1.82, 2.24) is 5.01 Å². The maximum atomic E-state index is 13.0. The fourth-order valence-corrected chi connectivity index (χ4v) is 3.40. The van der Waals surface area contributed by atoms with E-state index in [2.05, 4.69) is 5.10 Å². The van der Waals surface area contributed by atoms with Crippen LogP contribution in [0.25, 0.3) is 6.08 Å². The van der Waals surface area contributed by atoms with Crippen molar-refractivity contribution in [3.8, 4) is 0 Å². The molecule has 3 nitrogen and oxygen atoms in total. The third-order valence-corrected chi connectivity index (χ3v) is 4.97. The minimum Gasteiger partial charge on any atom is -0.268 e. The summed E-state index contributed by atoms with van der Waals surface area (Å²) in [5.41, 5.74) is 3.93. The van der Waals surface area contributed by atoms with Gasteiger partial charge < -0.3 is 0 Å². The van der Waals surface area contributed by atoms with Gasteiger partial charge >= 0.3 is 0 Å². The molecule has 1 aliphatic heterocycles. The summed E-state index contributed by atoms with van der Waals surface area (Å²) >= 11 is 6.04. The first kappa shape index (κ1) is 18.2. The normalized spacial score (nSPS) is 16.4. The fourth-order valence-electron chi connectivity index (χ4n) is 3.27. The summed E-state index contributed by atoms with van der Waals surface area (Å²) < 4.78 is 0. The Morgan fingerprint density at radius 3 is 2.25 bits per heavy atom. The van der Waals surface area contributed by atoms with Gasteiger partial charge in [0.05, 0.1) is 11.8 Å². The van der Waals surface area contributed by atoms with Gasteiger partial charge in [-0.1, -0.05) is 84.4 Å². The van der Waals surface area contributed by atoms with Gasteiger partial charge in [-0.2, -0.15) is 5.10 Å². The van der Waals surface area contributed by atoms with Crippen LogP contribution in [0.5, 0.6) is 0 Å². The summed E-state index contributed by atoms with van der Waals surface area (Å²) in [6.07, 6.45) is 4.06. The Morgan fingerprint density at radius 1 is 0.929 bits per heavy atom. The highest BCUT2D eigenvalue weighted by atomic mass is 35.5. The standard InChI is InChI=1S/C24H19ClN2O/c25-21-14-12-20(13-15-21)23-17-22(19-9-5-2-6-10-19)26-27(23)24(28)16-11-18-7-3-1-4-8-18/h1-16,23H,17H2. The predicted molar refractivity (Wildman–Crippen MR) is 114 cm³/mol. The number of carbonyl (C=O) groups excluding carboxylic acids is 1. The second-order valence-corrected chi connectivity index (χ2v) is 7.05. The lowest BCUT2D eigenvalue weighted by Crippen LogP contribution is -2.25. The molecular formula is C24H19ClN2O. The molecule has 138 valence electrons. The van der Waals surface area contributed by atoms with Crippen molar-refractivity contribution in [2.45, 2.75) is 12.5 Å². The van der Waals surface area contributed by atoms with Crippen LogP contribution in [0.3, 0.4) is 0 Å². The van der Waals surface area contributed by atoms with Gasteiger partial charge in [0.25, 0.3) is 5.91 Å². The number of amides is 1. The Labute approximate surface area is 169 Å². The van der Waals surface area contributed by atoms with Gasteiger partial charge in [-0.25, -0.2) is 5.01 Å². The largest absolute Gasteiger partial charge is 0.268 e. The van der Waals surface area contributed by atoms with Gasteiger partial charge in [0.2, 0.25) is 0 Å². The van der Waals surface area contributed by atoms with E-state index in [1.165, 1.54) is 0 Å². The fraction of sp³-hybridized carbons (Fsp3) is 0.0833. The van der Waals surface area contributed by atoms with Crippen LogP contribution in [0.1, 0.15) is 29.2 Å². The zero-order valence-electron chi connectivity index (χ0n) is 15.2. The second kappa shape index (κ2) is 8.24. The molecule has 0 aromatic heterocycles. The molecule has 1 amide bonds. The minimum atomic E-state index is -0.152. The first-order chi connectivity index (χ1) is 13.7. The van der Waals surface area contributed by atoms with Crippen molar-refractivity contribution in [3.05, 3.63) is 113 Å². The Bertz CT molecular complexity index is 1010. The lowest BCUT2D eigenvalue weighted by molar-refractivity contribution is -0.127. The van der Waals surface area contributed by atoms with E-state index in [4.69, 9.17) is 11.6 Å². The summed E-state index contributed by atoms with van der Waals surface area (Å²) in [6, 6.07) is 27.2. The number of hydrogen-bond donors (Lipinski definition) is 0. The molecule has 0 N–H and O–H groups in total. The van der Waals surface area contributed by atoms with Gasteiger partial charge in [-0.05, 0) is 34.9 Å². The van der Waals surface area contributed by atoms with Crippen molar-refractivity contribution in [1.29, 1.82) is 0 Å². The Balaban J connectivity index is 1.64. The molecule has 3 aromatic carbocycles. The van der Waals surface area contributed by atoms with Crippen LogP contribution in [0.15, 0.2) is 96.1 Å². The molecule has 0 bridgehead atoms. The molecule has 0 saturated carbocycles. The van der Waals surface area contributed by atoms with E-state index in [-0.39, 0.29) is 11.9 Å².